The second-order valence-corrected chi connectivity index (χ2v) is 5.57. The monoisotopic (exact) mass is 331 g/mol. The minimum absolute atomic E-state index is 0.144. The molecule has 116 valence electrons. The third kappa shape index (κ3) is 3.60. The highest BCUT2D eigenvalue weighted by Crippen LogP contribution is 2.24. The summed E-state index contributed by atoms with van der Waals surface area (Å²) in [5, 5.41) is 2.14. The van der Waals surface area contributed by atoms with Gasteiger partial charge < -0.3 is 4.74 Å². The van der Waals surface area contributed by atoms with E-state index in [1.807, 2.05) is 0 Å². The van der Waals surface area contributed by atoms with Gasteiger partial charge in [-0.1, -0.05) is 18.2 Å². The lowest BCUT2D eigenvalue weighted by molar-refractivity contribution is 0.0463. The van der Waals surface area contributed by atoms with E-state index in [0.717, 1.165) is 0 Å². The largest absolute Gasteiger partial charge is 0.456 e. The zero-order chi connectivity index (χ0) is 16.2. The maximum atomic E-state index is 13.5. The molecule has 1 aromatic heterocycles. The zero-order valence-corrected chi connectivity index (χ0v) is 12.6. The molecule has 0 aliphatic rings. The lowest BCUT2D eigenvalue weighted by Crippen LogP contribution is -2.06. The summed E-state index contributed by atoms with van der Waals surface area (Å²) in [4.78, 5) is 16.1. The topological polar surface area (TPSA) is 39.2 Å². The van der Waals surface area contributed by atoms with Crippen LogP contribution in [0.3, 0.4) is 0 Å². The molecule has 0 amide bonds. The van der Waals surface area contributed by atoms with E-state index in [2.05, 4.69) is 4.98 Å². The van der Waals surface area contributed by atoms with Gasteiger partial charge in [-0.15, -0.1) is 11.3 Å². The Morgan fingerprint density at radius 2 is 1.83 bits per heavy atom. The van der Waals surface area contributed by atoms with Crippen LogP contribution in [0.25, 0.3) is 10.6 Å². The summed E-state index contributed by atoms with van der Waals surface area (Å²) in [6.45, 7) is -0.158. The first kappa shape index (κ1) is 15.3. The average molecular weight is 331 g/mol. The van der Waals surface area contributed by atoms with E-state index >= 15 is 0 Å². The van der Waals surface area contributed by atoms with Crippen molar-refractivity contribution in [3.05, 3.63) is 76.8 Å². The predicted molar refractivity (Wildman–Crippen MR) is 83.0 cm³/mol. The van der Waals surface area contributed by atoms with Crippen molar-refractivity contribution < 1.29 is 18.3 Å². The van der Waals surface area contributed by atoms with E-state index in [9.17, 15) is 13.6 Å². The molecule has 0 bridgehead atoms. The number of aromatic nitrogens is 1. The molecule has 0 unspecified atom stereocenters. The first-order chi connectivity index (χ1) is 11.1. The molecule has 0 saturated heterocycles. The van der Waals surface area contributed by atoms with Gasteiger partial charge in [0, 0.05) is 16.5 Å². The molecule has 0 N–H and O–H groups in total. The van der Waals surface area contributed by atoms with Crippen LogP contribution >= 0.6 is 11.3 Å². The van der Waals surface area contributed by atoms with Crippen LogP contribution in [-0.4, -0.2) is 11.0 Å². The molecule has 3 rings (SSSR count). The highest BCUT2D eigenvalue weighted by atomic mass is 32.1. The van der Waals surface area contributed by atoms with Crippen LogP contribution in [0.1, 0.15) is 16.1 Å². The van der Waals surface area contributed by atoms with Gasteiger partial charge in [0.25, 0.3) is 0 Å². The number of hydrogen-bond donors (Lipinski definition) is 0. The maximum absolute atomic E-state index is 13.5. The number of esters is 1. The molecule has 6 heteroatoms. The average Bonchev–Trinajstić information content (AvgIpc) is 3.04. The molecule has 0 saturated carbocycles. The Balaban J connectivity index is 1.69. The van der Waals surface area contributed by atoms with Gasteiger partial charge in [0.1, 0.15) is 23.2 Å². The van der Waals surface area contributed by atoms with E-state index < -0.39 is 11.8 Å². The van der Waals surface area contributed by atoms with E-state index in [1.165, 1.54) is 29.5 Å². The Hall–Kier alpha value is -2.60. The van der Waals surface area contributed by atoms with Crippen molar-refractivity contribution in [2.75, 3.05) is 0 Å². The minimum atomic E-state index is -0.627. The fourth-order valence-electron chi connectivity index (χ4n) is 1.93. The van der Waals surface area contributed by atoms with Gasteiger partial charge in [0.2, 0.25) is 0 Å². The molecule has 3 nitrogen and oxygen atoms in total. The van der Waals surface area contributed by atoms with Crippen LogP contribution in [-0.2, 0) is 11.3 Å². The van der Waals surface area contributed by atoms with Crippen molar-refractivity contribution in [1.82, 2.24) is 4.98 Å². The molecule has 0 aliphatic carbocycles. The molecular formula is C17H11F2NO2S. The first-order valence-corrected chi connectivity index (χ1v) is 7.63. The fourth-order valence-corrected chi connectivity index (χ4v) is 2.72. The van der Waals surface area contributed by atoms with E-state index in [-0.39, 0.29) is 18.1 Å². The Bertz CT molecular complexity index is 831. The second kappa shape index (κ2) is 6.66. The third-order valence-electron chi connectivity index (χ3n) is 3.12. The van der Waals surface area contributed by atoms with Crippen molar-refractivity contribution in [2.24, 2.45) is 0 Å². The van der Waals surface area contributed by atoms with Crippen molar-refractivity contribution in [2.45, 2.75) is 6.61 Å². The standard InChI is InChI=1S/C17H11F2NO2S/c18-13-7-5-11(6-8-13)16-20-15(10-23-16)17(21)22-9-12-3-1-2-4-14(12)19/h1-8,10H,9H2. The lowest BCUT2D eigenvalue weighted by Gasteiger charge is -2.04. The Morgan fingerprint density at radius 1 is 1.09 bits per heavy atom. The number of carbonyl (C=O) groups is 1. The van der Waals surface area contributed by atoms with E-state index in [1.54, 1.807) is 35.7 Å². The lowest BCUT2D eigenvalue weighted by atomic mass is 10.2. The van der Waals surface area contributed by atoms with Gasteiger partial charge in [0.05, 0.1) is 0 Å². The second-order valence-electron chi connectivity index (χ2n) is 4.71. The molecule has 0 aliphatic heterocycles. The quantitative estimate of drug-likeness (QED) is 0.663. The maximum Gasteiger partial charge on any atom is 0.358 e. The van der Waals surface area contributed by atoms with Crippen molar-refractivity contribution in [3.8, 4) is 10.6 Å². The van der Waals surface area contributed by atoms with Gasteiger partial charge in [0.15, 0.2) is 5.69 Å². The molecule has 0 atom stereocenters. The first-order valence-electron chi connectivity index (χ1n) is 6.75. The van der Waals surface area contributed by atoms with Crippen LogP contribution < -0.4 is 0 Å². The molecule has 23 heavy (non-hydrogen) atoms. The number of thiazole rings is 1. The smallest absolute Gasteiger partial charge is 0.358 e. The SMILES string of the molecule is O=C(OCc1ccccc1F)c1csc(-c2ccc(F)cc2)n1. The van der Waals surface area contributed by atoms with E-state index in [4.69, 9.17) is 4.74 Å². The highest BCUT2D eigenvalue weighted by molar-refractivity contribution is 7.13. The summed E-state index contributed by atoms with van der Waals surface area (Å²) in [5.74, 6) is -1.39. The molecular weight excluding hydrogens is 320 g/mol. The number of hydrogen-bond acceptors (Lipinski definition) is 4. The summed E-state index contributed by atoms with van der Waals surface area (Å²) < 4.78 is 31.4. The Kier molecular flexibility index (Phi) is 4.43. The third-order valence-corrected chi connectivity index (χ3v) is 4.01. The van der Waals surface area contributed by atoms with Crippen molar-refractivity contribution in [1.29, 1.82) is 0 Å². The van der Waals surface area contributed by atoms with Crippen LogP contribution in [0.15, 0.2) is 53.9 Å². The van der Waals surface area contributed by atoms with Crippen LogP contribution in [0.2, 0.25) is 0 Å². The Labute approximate surface area is 135 Å². The number of carbonyl (C=O) groups excluding carboxylic acids is 1. The highest BCUT2D eigenvalue weighted by Gasteiger charge is 2.14. The predicted octanol–water partition coefficient (Wildman–Crippen LogP) is 4.45. The van der Waals surface area contributed by atoms with Gasteiger partial charge in [-0.05, 0) is 30.3 Å². The summed E-state index contributed by atoms with van der Waals surface area (Å²) in [6.07, 6.45) is 0. The number of benzene rings is 2. The molecule has 0 radical (unpaired) electrons. The Morgan fingerprint density at radius 3 is 2.57 bits per heavy atom. The van der Waals surface area contributed by atoms with Crippen LogP contribution in [0.4, 0.5) is 8.78 Å². The molecule has 3 aromatic rings. The summed E-state index contributed by atoms with van der Waals surface area (Å²) in [5.41, 5.74) is 1.16. The van der Waals surface area contributed by atoms with Gasteiger partial charge in [-0.3, -0.25) is 0 Å². The number of ether oxygens (including phenoxy) is 1. The van der Waals surface area contributed by atoms with Crippen LogP contribution in [0, 0.1) is 11.6 Å². The van der Waals surface area contributed by atoms with Crippen molar-refractivity contribution in [3.63, 3.8) is 0 Å². The van der Waals surface area contributed by atoms with Gasteiger partial charge in [-0.25, -0.2) is 18.6 Å². The number of halogens is 2. The van der Waals surface area contributed by atoms with E-state index in [0.29, 0.717) is 16.1 Å². The molecule has 2 aromatic carbocycles. The summed E-state index contributed by atoms with van der Waals surface area (Å²) in [6, 6.07) is 11.9. The minimum Gasteiger partial charge on any atom is -0.456 e. The normalized spacial score (nSPS) is 10.5. The molecule has 0 fully saturated rings. The van der Waals surface area contributed by atoms with Crippen LogP contribution in [0.5, 0.6) is 0 Å². The number of rotatable bonds is 4. The molecule has 0 spiro atoms. The summed E-state index contributed by atoms with van der Waals surface area (Å²) in [7, 11) is 0. The fraction of sp³-hybridized carbons (Fsp3) is 0.0588. The zero-order valence-electron chi connectivity index (χ0n) is 11.8. The summed E-state index contributed by atoms with van der Waals surface area (Å²) >= 11 is 1.25. The number of nitrogens with zero attached hydrogens (tertiary/aromatic N) is 1. The van der Waals surface area contributed by atoms with Gasteiger partial charge >= 0.3 is 5.97 Å². The van der Waals surface area contributed by atoms with Gasteiger partial charge in [-0.2, -0.15) is 0 Å². The van der Waals surface area contributed by atoms with Crippen molar-refractivity contribution >= 4 is 17.3 Å². The molecule has 1 heterocycles.